The highest BCUT2D eigenvalue weighted by Gasteiger charge is 2.33. The van der Waals surface area contributed by atoms with Gasteiger partial charge in [0.05, 0.1) is 5.69 Å². The third kappa shape index (κ3) is 6.28. The van der Waals surface area contributed by atoms with Crippen molar-refractivity contribution in [2.24, 2.45) is 5.92 Å². The van der Waals surface area contributed by atoms with Gasteiger partial charge in [-0.25, -0.2) is 21.6 Å². The number of halogens is 3. The molecule has 1 amide bonds. The van der Waals surface area contributed by atoms with Gasteiger partial charge in [0.2, 0.25) is 10.0 Å². The molecule has 0 bridgehead atoms. The van der Waals surface area contributed by atoms with E-state index in [9.17, 15) is 31.2 Å². The van der Waals surface area contributed by atoms with E-state index in [4.69, 9.17) is 4.74 Å². The number of hydrogen-bond acceptors (Lipinski definition) is 5. The first-order valence-electron chi connectivity index (χ1n) is 9.15. The summed E-state index contributed by atoms with van der Waals surface area (Å²) >= 11 is 0. The minimum absolute atomic E-state index is 0.324. The smallest absolute Gasteiger partial charge is 0.325 e. The van der Waals surface area contributed by atoms with Crippen LogP contribution < -0.4 is 10.0 Å². The lowest BCUT2D eigenvalue weighted by atomic mass is 10.1. The standard InChI is InChI=1S/C20H21F3N2O5S/c1-11(2)18(25-31(28,29)17-7-5-4-6-14(17)22)20(27)30-12(3)19(26)24-16-9-8-13(21)10-15(16)23/h4-12,18,25H,1-3H3,(H,24,26)/t12?,18-/m0/s1. The highest BCUT2D eigenvalue weighted by Crippen LogP contribution is 2.18. The molecule has 0 aliphatic rings. The van der Waals surface area contributed by atoms with Crippen LogP contribution in [0.25, 0.3) is 0 Å². The highest BCUT2D eigenvalue weighted by atomic mass is 32.2. The Hall–Kier alpha value is -2.92. The predicted octanol–water partition coefficient (Wildman–Crippen LogP) is 2.98. The Balaban J connectivity index is 2.11. The van der Waals surface area contributed by atoms with E-state index in [1.54, 1.807) is 0 Å². The third-order valence-corrected chi connectivity index (χ3v) is 5.65. The number of rotatable bonds is 8. The molecule has 0 spiro atoms. The van der Waals surface area contributed by atoms with Crippen LogP contribution in [0, 0.1) is 23.4 Å². The molecule has 31 heavy (non-hydrogen) atoms. The fraction of sp³-hybridized carbons (Fsp3) is 0.300. The first-order chi connectivity index (χ1) is 14.4. The first-order valence-corrected chi connectivity index (χ1v) is 10.6. The lowest BCUT2D eigenvalue weighted by Gasteiger charge is -2.23. The highest BCUT2D eigenvalue weighted by molar-refractivity contribution is 7.89. The summed E-state index contributed by atoms with van der Waals surface area (Å²) in [5, 5.41) is 2.15. The van der Waals surface area contributed by atoms with Gasteiger partial charge in [-0.15, -0.1) is 0 Å². The van der Waals surface area contributed by atoms with Gasteiger partial charge < -0.3 is 10.1 Å². The second kappa shape index (κ2) is 9.92. The van der Waals surface area contributed by atoms with Crippen molar-refractivity contribution in [1.82, 2.24) is 4.72 Å². The van der Waals surface area contributed by atoms with Gasteiger partial charge in [0.15, 0.2) is 6.10 Å². The summed E-state index contributed by atoms with van der Waals surface area (Å²) in [6, 6.07) is 5.69. The SMILES string of the molecule is CC(OC(=O)[C@@H](NS(=O)(=O)c1ccccc1F)C(C)C)C(=O)Nc1ccc(F)cc1F. The molecule has 2 aromatic rings. The number of sulfonamides is 1. The van der Waals surface area contributed by atoms with E-state index >= 15 is 0 Å². The molecule has 2 rings (SSSR count). The minimum Gasteiger partial charge on any atom is -0.451 e. The fourth-order valence-electron chi connectivity index (χ4n) is 2.48. The molecule has 7 nitrogen and oxygen atoms in total. The van der Waals surface area contributed by atoms with Crippen LogP contribution >= 0.6 is 0 Å². The van der Waals surface area contributed by atoms with Crippen molar-refractivity contribution in [3.63, 3.8) is 0 Å². The van der Waals surface area contributed by atoms with Crippen molar-refractivity contribution in [2.45, 2.75) is 37.8 Å². The average molecular weight is 458 g/mol. The minimum atomic E-state index is -4.41. The maximum atomic E-state index is 13.9. The lowest BCUT2D eigenvalue weighted by Crippen LogP contribution is -2.47. The molecule has 2 atom stereocenters. The summed E-state index contributed by atoms with van der Waals surface area (Å²) in [7, 11) is -4.41. The van der Waals surface area contributed by atoms with Gasteiger partial charge in [-0.05, 0) is 37.1 Å². The number of benzene rings is 2. The fourth-order valence-corrected chi connectivity index (χ4v) is 3.89. The molecule has 0 aliphatic carbocycles. The molecule has 0 fully saturated rings. The summed E-state index contributed by atoms with van der Waals surface area (Å²) in [5.74, 6) is -5.48. The Morgan fingerprint density at radius 2 is 1.61 bits per heavy atom. The van der Waals surface area contributed by atoms with E-state index in [1.807, 2.05) is 0 Å². The second-order valence-corrected chi connectivity index (χ2v) is 8.65. The van der Waals surface area contributed by atoms with E-state index < -0.39 is 62.3 Å². The Labute approximate surface area is 177 Å². The van der Waals surface area contributed by atoms with Crippen LogP contribution in [0.15, 0.2) is 47.4 Å². The van der Waals surface area contributed by atoms with Crippen LogP contribution in [0.2, 0.25) is 0 Å². The van der Waals surface area contributed by atoms with Crippen molar-refractivity contribution in [3.8, 4) is 0 Å². The Kier molecular flexibility index (Phi) is 7.80. The van der Waals surface area contributed by atoms with Crippen LogP contribution in [0.3, 0.4) is 0 Å². The molecule has 11 heteroatoms. The topological polar surface area (TPSA) is 102 Å². The maximum absolute atomic E-state index is 13.9. The molecule has 0 radical (unpaired) electrons. The molecule has 0 aromatic heterocycles. The summed E-state index contributed by atoms with van der Waals surface area (Å²) in [6.07, 6.45) is -1.43. The Morgan fingerprint density at radius 3 is 2.19 bits per heavy atom. The number of ether oxygens (including phenoxy) is 1. The number of amides is 1. The van der Waals surface area contributed by atoms with Crippen molar-refractivity contribution in [2.75, 3.05) is 5.32 Å². The molecular formula is C20H21F3N2O5S. The zero-order chi connectivity index (χ0) is 23.3. The Morgan fingerprint density at radius 1 is 0.968 bits per heavy atom. The second-order valence-electron chi connectivity index (χ2n) is 6.97. The van der Waals surface area contributed by atoms with E-state index in [-0.39, 0.29) is 5.69 Å². The number of esters is 1. The van der Waals surface area contributed by atoms with E-state index in [0.29, 0.717) is 6.07 Å². The third-order valence-electron chi connectivity index (χ3n) is 4.18. The van der Waals surface area contributed by atoms with Gasteiger partial charge >= 0.3 is 5.97 Å². The zero-order valence-corrected chi connectivity index (χ0v) is 17.7. The number of hydrogen-bond donors (Lipinski definition) is 2. The summed E-state index contributed by atoms with van der Waals surface area (Å²) in [5.41, 5.74) is -0.324. The van der Waals surface area contributed by atoms with Gasteiger partial charge in [-0.1, -0.05) is 26.0 Å². The number of anilines is 1. The monoisotopic (exact) mass is 458 g/mol. The average Bonchev–Trinajstić information content (AvgIpc) is 2.68. The number of carbonyl (C=O) groups excluding carboxylic acids is 2. The molecule has 0 saturated carbocycles. The predicted molar refractivity (Wildman–Crippen MR) is 106 cm³/mol. The lowest BCUT2D eigenvalue weighted by molar-refractivity contribution is -0.155. The molecule has 1 unspecified atom stereocenters. The normalized spacial score (nSPS) is 13.5. The van der Waals surface area contributed by atoms with Crippen LogP contribution in [0.4, 0.5) is 18.9 Å². The van der Waals surface area contributed by atoms with Crippen molar-refractivity contribution >= 4 is 27.6 Å². The Bertz CT molecular complexity index is 1080. The molecule has 2 N–H and O–H groups in total. The number of carbonyl (C=O) groups is 2. The zero-order valence-electron chi connectivity index (χ0n) is 16.9. The quantitative estimate of drug-likeness (QED) is 0.593. The molecule has 0 saturated heterocycles. The van der Waals surface area contributed by atoms with E-state index in [0.717, 1.165) is 24.3 Å². The summed E-state index contributed by atoms with van der Waals surface area (Å²) in [6.45, 7) is 4.24. The molecular weight excluding hydrogens is 437 g/mol. The van der Waals surface area contributed by atoms with Crippen molar-refractivity contribution in [1.29, 1.82) is 0 Å². The summed E-state index contributed by atoms with van der Waals surface area (Å²) in [4.78, 5) is 24.1. The van der Waals surface area contributed by atoms with E-state index in [2.05, 4.69) is 10.0 Å². The van der Waals surface area contributed by atoms with Gasteiger partial charge in [0, 0.05) is 6.07 Å². The van der Waals surface area contributed by atoms with Gasteiger partial charge in [0.1, 0.15) is 28.4 Å². The number of nitrogens with one attached hydrogen (secondary N) is 2. The molecule has 2 aromatic carbocycles. The van der Waals surface area contributed by atoms with Crippen LogP contribution in [-0.2, 0) is 24.3 Å². The van der Waals surface area contributed by atoms with Gasteiger partial charge in [-0.3, -0.25) is 9.59 Å². The molecule has 0 aliphatic heterocycles. The van der Waals surface area contributed by atoms with E-state index in [1.165, 1.54) is 32.9 Å². The van der Waals surface area contributed by atoms with Crippen LogP contribution in [-0.4, -0.2) is 32.4 Å². The molecule has 168 valence electrons. The first kappa shape index (κ1) is 24.4. The molecule has 0 heterocycles. The van der Waals surface area contributed by atoms with Crippen LogP contribution in [0.5, 0.6) is 0 Å². The van der Waals surface area contributed by atoms with Gasteiger partial charge in [0.25, 0.3) is 5.91 Å². The van der Waals surface area contributed by atoms with Crippen molar-refractivity contribution < 1.29 is 35.9 Å². The van der Waals surface area contributed by atoms with Gasteiger partial charge in [-0.2, -0.15) is 4.72 Å². The largest absolute Gasteiger partial charge is 0.451 e. The maximum Gasteiger partial charge on any atom is 0.325 e. The van der Waals surface area contributed by atoms with Crippen molar-refractivity contribution in [3.05, 3.63) is 59.9 Å². The van der Waals surface area contributed by atoms with Crippen LogP contribution in [0.1, 0.15) is 20.8 Å². The summed E-state index contributed by atoms with van der Waals surface area (Å²) < 4.78 is 72.6.